The van der Waals surface area contributed by atoms with E-state index in [-0.39, 0.29) is 23.9 Å². The molecule has 1 fully saturated rings. The molecular weight excluding hydrogens is 456 g/mol. The Labute approximate surface area is 210 Å². The minimum Gasteiger partial charge on any atom is -0.399 e. The fourth-order valence-electron chi connectivity index (χ4n) is 4.59. The molecule has 2 aliphatic rings. The summed E-state index contributed by atoms with van der Waals surface area (Å²) in [5.74, 6) is -0.472. The zero-order chi connectivity index (χ0) is 25.7. The van der Waals surface area contributed by atoms with Crippen LogP contribution in [0.5, 0.6) is 0 Å². The first-order valence-electron chi connectivity index (χ1n) is 12.1. The number of hydrogen-bond donors (Lipinski definition) is 4. The Morgan fingerprint density at radius 3 is 2.56 bits per heavy atom. The van der Waals surface area contributed by atoms with Crippen LogP contribution < -0.4 is 11.1 Å². The second kappa shape index (κ2) is 10.7. The van der Waals surface area contributed by atoms with Gasteiger partial charge in [0, 0.05) is 37.8 Å². The van der Waals surface area contributed by atoms with Crippen LogP contribution >= 0.6 is 0 Å². The maximum absolute atomic E-state index is 13.0. The maximum Gasteiger partial charge on any atom is 0.279 e. The average Bonchev–Trinajstić information content (AvgIpc) is 2.88. The Hall–Kier alpha value is -3.98. The third-order valence-electron chi connectivity index (χ3n) is 6.68. The number of likely N-dealkylation sites (tertiary alicyclic amines) is 1. The number of nitrogens with zero attached hydrogens (tertiary/aromatic N) is 3. The van der Waals surface area contributed by atoms with Gasteiger partial charge in [-0.25, -0.2) is 4.99 Å². The third-order valence-corrected chi connectivity index (χ3v) is 6.68. The number of carbonyl (C=O) groups excluding carboxylic acids is 2. The summed E-state index contributed by atoms with van der Waals surface area (Å²) in [4.78, 5) is 33.1. The molecule has 0 atom stereocenters. The van der Waals surface area contributed by atoms with E-state index in [4.69, 9.17) is 11.1 Å². The summed E-state index contributed by atoms with van der Waals surface area (Å²) < 4.78 is 0. The first kappa shape index (κ1) is 25.1. The van der Waals surface area contributed by atoms with Crippen LogP contribution in [0.15, 0.2) is 65.3 Å². The molecule has 0 aromatic heterocycles. The number of nitrogens with one attached hydrogen (secondary N) is 2. The zero-order valence-corrected chi connectivity index (χ0v) is 20.4. The van der Waals surface area contributed by atoms with Crippen molar-refractivity contribution in [1.29, 1.82) is 5.41 Å². The van der Waals surface area contributed by atoms with Crippen molar-refractivity contribution in [3.8, 4) is 0 Å². The van der Waals surface area contributed by atoms with Crippen molar-refractivity contribution >= 4 is 35.2 Å². The summed E-state index contributed by atoms with van der Waals surface area (Å²) in [6.07, 6.45) is 3.18. The van der Waals surface area contributed by atoms with E-state index in [1.54, 1.807) is 30.1 Å². The molecule has 2 aromatic carbocycles. The van der Waals surface area contributed by atoms with Gasteiger partial charge < -0.3 is 21.1 Å². The lowest BCUT2D eigenvalue weighted by Gasteiger charge is -2.40. The summed E-state index contributed by atoms with van der Waals surface area (Å²) in [6, 6.07) is 17.0. The molecule has 188 valence electrons. The molecular formula is C27H32N6O3. The van der Waals surface area contributed by atoms with E-state index in [2.05, 4.69) is 10.3 Å². The highest BCUT2D eigenvalue weighted by Gasteiger charge is 2.38. The molecule has 2 heterocycles. The van der Waals surface area contributed by atoms with Crippen LogP contribution in [0.4, 0.5) is 5.69 Å². The van der Waals surface area contributed by atoms with Crippen LogP contribution in [-0.4, -0.2) is 71.1 Å². The number of hydrogen-bond acceptors (Lipinski definition) is 7. The van der Waals surface area contributed by atoms with E-state index in [9.17, 15) is 14.7 Å². The molecule has 9 nitrogen and oxygen atoms in total. The number of aliphatic hydroxyl groups is 1. The molecule has 1 saturated heterocycles. The predicted octanol–water partition coefficient (Wildman–Crippen LogP) is 2.03. The fraction of sp³-hybridized carbons (Fsp3) is 0.333. The molecule has 0 spiro atoms. The van der Waals surface area contributed by atoms with Gasteiger partial charge in [-0.2, -0.15) is 0 Å². The van der Waals surface area contributed by atoms with Gasteiger partial charge >= 0.3 is 0 Å². The first-order chi connectivity index (χ1) is 17.3. The molecule has 9 heteroatoms. The van der Waals surface area contributed by atoms with Gasteiger partial charge in [0.05, 0.1) is 24.2 Å². The average molecular weight is 489 g/mol. The highest BCUT2D eigenvalue weighted by molar-refractivity contribution is 6.47. The Bertz CT molecular complexity index is 1200. The van der Waals surface area contributed by atoms with Crippen molar-refractivity contribution in [3.63, 3.8) is 0 Å². The van der Waals surface area contributed by atoms with Gasteiger partial charge in [-0.3, -0.25) is 19.9 Å². The van der Waals surface area contributed by atoms with Gasteiger partial charge in [0.15, 0.2) is 0 Å². The Balaban J connectivity index is 1.38. The molecule has 2 amide bonds. The Morgan fingerprint density at radius 1 is 1.17 bits per heavy atom. The van der Waals surface area contributed by atoms with Gasteiger partial charge in [-0.1, -0.05) is 42.5 Å². The van der Waals surface area contributed by atoms with Gasteiger partial charge in [0.1, 0.15) is 11.4 Å². The summed E-state index contributed by atoms with van der Waals surface area (Å²) in [6.45, 7) is 0.862. The van der Waals surface area contributed by atoms with E-state index in [0.717, 1.165) is 11.1 Å². The lowest BCUT2D eigenvalue weighted by Crippen LogP contribution is -2.54. The standard InChI is InChI=1S/C27H32N6O3/c1-30-24(20-8-5-9-21(28)16-20)25-23(29)26(35)33(18-31-25)17-27(36)12-14-32(15-13-27)22(34)11-10-19-6-3-2-4-7-19/h2-9,16,18,29-30,36H,10-15,17,28H2,1H3/b25-24+,29-23?. The van der Waals surface area contributed by atoms with Crippen molar-refractivity contribution in [2.24, 2.45) is 4.99 Å². The second-order valence-corrected chi connectivity index (χ2v) is 9.24. The van der Waals surface area contributed by atoms with Gasteiger partial charge in [0.25, 0.3) is 5.91 Å². The van der Waals surface area contributed by atoms with Crippen molar-refractivity contribution in [2.75, 3.05) is 32.4 Å². The summed E-state index contributed by atoms with van der Waals surface area (Å²) in [7, 11) is 1.70. The number of nitrogens with two attached hydrogens (primary N) is 1. The topological polar surface area (TPSA) is 135 Å². The van der Waals surface area contributed by atoms with Crippen LogP contribution in [0.2, 0.25) is 0 Å². The molecule has 0 unspecified atom stereocenters. The van der Waals surface area contributed by atoms with Crippen molar-refractivity contribution < 1.29 is 14.7 Å². The lowest BCUT2D eigenvalue weighted by atomic mass is 9.90. The smallest absolute Gasteiger partial charge is 0.279 e. The molecule has 2 aromatic rings. The largest absolute Gasteiger partial charge is 0.399 e. The molecule has 0 saturated carbocycles. The zero-order valence-electron chi connectivity index (χ0n) is 20.4. The van der Waals surface area contributed by atoms with Crippen molar-refractivity contribution in [3.05, 3.63) is 71.4 Å². The normalized spacial score (nSPS) is 18.8. The number of nitrogen functional groups attached to an aromatic ring is 1. The van der Waals surface area contributed by atoms with Crippen LogP contribution in [-0.2, 0) is 16.0 Å². The molecule has 0 radical (unpaired) electrons. The number of aliphatic imine (C=N–C) groups is 1. The Kier molecular flexibility index (Phi) is 7.49. The quantitative estimate of drug-likeness (QED) is 0.442. The predicted molar refractivity (Wildman–Crippen MR) is 140 cm³/mol. The summed E-state index contributed by atoms with van der Waals surface area (Å²) >= 11 is 0. The van der Waals surface area contributed by atoms with Crippen molar-refractivity contribution in [1.82, 2.24) is 15.1 Å². The summed E-state index contributed by atoms with van der Waals surface area (Å²) in [5.41, 5.74) is 7.62. The monoisotopic (exact) mass is 488 g/mol. The highest BCUT2D eigenvalue weighted by atomic mass is 16.3. The van der Waals surface area contributed by atoms with Crippen LogP contribution in [0, 0.1) is 5.41 Å². The Morgan fingerprint density at radius 2 is 1.89 bits per heavy atom. The number of piperidine rings is 1. The number of benzene rings is 2. The third kappa shape index (κ3) is 5.63. The number of aryl methyl sites for hydroxylation is 1. The van der Waals surface area contributed by atoms with E-state index < -0.39 is 11.5 Å². The van der Waals surface area contributed by atoms with E-state index in [1.165, 1.54) is 11.2 Å². The van der Waals surface area contributed by atoms with Gasteiger partial charge in [0.2, 0.25) is 5.91 Å². The molecule has 0 bridgehead atoms. The lowest BCUT2D eigenvalue weighted by molar-refractivity contribution is -0.137. The number of rotatable bonds is 7. The highest BCUT2D eigenvalue weighted by Crippen LogP contribution is 2.27. The number of β-amino-alcohol motifs (C(OH)–C–C–N with tert-alkyl or cyclic N) is 1. The van der Waals surface area contributed by atoms with E-state index in [0.29, 0.717) is 50.2 Å². The first-order valence-corrected chi connectivity index (χ1v) is 12.1. The molecule has 5 N–H and O–H groups in total. The van der Waals surface area contributed by atoms with Crippen LogP contribution in [0.3, 0.4) is 0 Å². The minimum absolute atomic E-state index is 0.0181. The van der Waals surface area contributed by atoms with Gasteiger partial charge in [-0.15, -0.1) is 0 Å². The molecule has 4 rings (SSSR count). The molecule has 2 aliphatic heterocycles. The molecule has 36 heavy (non-hydrogen) atoms. The molecule has 0 aliphatic carbocycles. The number of amides is 2. The second-order valence-electron chi connectivity index (χ2n) is 9.24. The van der Waals surface area contributed by atoms with Gasteiger partial charge in [-0.05, 0) is 37.0 Å². The van der Waals surface area contributed by atoms with Crippen LogP contribution in [0.25, 0.3) is 5.70 Å². The number of carbonyl (C=O) groups is 2. The maximum atomic E-state index is 13.0. The minimum atomic E-state index is -1.15. The fourth-order valence-corrected chi connectivity index (χ4v) is 4.59. The number of anilines is 1. The van der Waals surface area contributed by atoms with E-state index in [1.807, 2.05) is 36.4 Å². The summed E-state index contributed by atoms with van der Waals surface area (Å²) in [5, 5.41) is 22.6. The van der Waals surface area contributed by atoms with E-state index >= 15 is 0 Å². The van der Waals surface area contributed by atoms with Crippen molar-refractivity contribution in [2.45, 2.75) is 31.3 Å². The SMILES string of the molecule is CN/C(=C1/N=CN(CC2(O)CCN(C(=O)CCc3ccccc3)CC2)C(=O)C1=N)c1cccc(N)c1. The van der Waals surface area contributed by atoms with Crippen LogP contribution in [0.1, 0.15) is 30.4 Å².